The third-order valence-corrected chi connectivity index (χ3v) is 4.38. The van der Waals surface area contributed by atoms with Crippen molar-refractivity contribution in [2.75, 3.05) is 11.9 Å². The summed E-state index contributed by atoms with van der Waals surface area (Å²) in [6, 6.07) is 12.3. The molecule has 5 heteroatoms. The normalized spacial score (nSPS) is 10.5. The summed E-state index contributed by atoms with van der Waals surface area (Å²) in [5, 5.41) is 2.95. The summed E-state index contributed by atoms with van der Waals surface area (Å²) in [5.41, 5.74) is 3.36. The molecule has 0 unspecified atom stereocenters. The second-order valence-electron chi connectivity index (χ2n) is 6.29. The zero-order chi connectivity index (χ0) is 19.1. The van der Waals surface area contributed by atoms with Gasteiger partial charge in [-0.3, -0.25) is 9.59 Å². The van der Waals surface area contributed by atoms with E-state index in [1.807, 2.05) is 32.0 Å². The first-order valence-electron chi connectivity index (χ1n) is 8.79. The highest BCUT2D eigenvalue weighted by Gasteiger charge is 2.15. The van der Waals surface area contributed by atoms with Gasteiger partial charge in [0.1, 0.15) is 5.82 Å². The van der Waals surface area contributed by atoms with Crippen LogP contribution in [0.15, 0.2) is 42.5 Å². The second-order valence-corrected chi connectivity index (χ2v) is 6.29. The zero-order valence-corrected chi connectivity index (χ0v) is 15.5. The van der Waals surface area contributed by atoms with Crippen LogP contribution in [0.25, 0.3) is 0 Å². The molecule has 2 aromatic carbocycles. The Morgan fingerprint density at radius 1 is 1.08 bits per heavy atom. The Morgan fingerprint density at radius 2 is 1.77 bits per heavy atom. The monoisotopic (exact) mass is 356 g/mol. The number of anilines is 1. The largest absolute Gasteiger partial charge is 0.338 e. The molecule has 0 spiro atoms. The smallest absolute Gasteiger partial charge is 0.226 e. The lowest BCUT2D eigenvalue weighted by Crippen LogP contribution is -2.32. The van der Waals surface area contributed by atoms with Crippen molar-refractivity contribution >= 4 is 17.5 Å². The first-order valence-corrected chi connectivity index (χ1v) is 8.79. The molecule has 26 heavy (non-hydrogen) atoms. The molecule has 2 aromatic rings. The van der Waals surface area contributed by atoms with E-state index in [4.69, 9.17) is 0 Å². The van der Waals surface area contributed by atoms with Gasteiger partial charge in [0.05, 0.1) is 0 Å². The second kappa shape index (κ2) is 9.13. The fourth-order valence-electron chi connectivity index (χ4n) is 2.82. The molecular weight excluding hydrogens is 331 g/mol. The molecule has 0 saturated heterocycles. The number of aryl methyl sites for hydroxylation is 2. The average molecular weight is 356 g/mol. The third-order valence-electron chi connectivity index (χ3n) is 4.38. The van der Waals surface area contributed by atoms with Gasteiger partial charge in [-0.2, -0.15) is 0 Å². The minimum absolute atomic E-state index is 0.153. The minimum atomic E-state index is -0.351. The van der Waals surface area contributed by atoms with Crippen LogP contribution >= 0.6 is 0 Å². The van der Waals surface area contributed by atoms with Gasteiger partial charge in [-0.05, 0) is 30.5 Å². The van der Waals surface area contributed by atoms with Gasteiger partial charge < -0.3 is 10.2 Å². The number of nitrogens with one attached hydrogen (secondary N) is 1. The van der Waals surface area contributed by atoms with E-state index in [1.165, 1.54) is 17.9 Å². The van der Waals surface area contributed by atoms with E-state index in [0.29, 0.717) is 5.56 Å². The Bertz CT molecular complexity index is 789. The molecule has 138 valence electrons. The first-order chi connectivity index (χ1) is 12.4. The Kier molecular flexibility index (Phi) is 6.89. The van der Waals surface area contributed by atoms with Gasteiger partial charge in [0, 0.05) is 37.7 Å². The molecule has 0 heterocycles. The van der Waals surface area contributed by atoms with E-state index < -0.39 is 0 Å². The number of amides is 2. The van der Waals surface area contributed by atoms with E-state index in [-0.39, 0.29) is 37.1 Å². The standard InChI is InChI=1S/C21H25FN2O2/c1-4-17-10-7-8-15(2)21(17)23-20(26)12-13-24(16(3)25)14-18-9-5-6-11-19(18)22/h5-11H,4,12-14H2,1-3H3,(H,23,26). The summed E-state index contributed by atoms with van der Waals surface area (Å²) in [6.07, 6.45) is 0.982. The number of nitrogens with zero attached hydrogens (tertiary/aromatic N) is 1. The lowest BCUT2D eigenvalue weighted by Gasteiger charge is -2.21. The molecular formula is C21H25FN2O2. The van der Waals surface area contributed by atoms with E-state index in [9.17, 15) is 14.0 Å². The van der Waals surface area contributed by atoms with Gasteiger partial charge in [-0.25, -0.2) is 4.39 Å². The van der Waals surface area contributed by atoms with E-state index in [2.05, 4.69) is 5.32 Å². The Balaban J connectivity index is 2.00. The van der Waals surface area contributed by atoms with Crippen molar-refractivity contribution in [3.63, 3.8) is 0 Å². The molecule has 0 saturated carbocycles. The number of halogens is 1. The van der Waals surface area contributed by atoms with Crippen LogP contribution < -0.4 is 5.32 Å². The number of para-hydroxylation sites is 1. The highest BCUT2D eigenvalue weighted by atomic mass is 19.1. The number of hydrogen-bond donors (Lipinski definition) is 1. The van der Waals surface area contributed by atoms with E-state index in [0.717, 1.165) is 23.2 Å². The molecule has 4 nitrogen and oxygen atoms in total. The molecule has 0 aliphatic heterocycles. The molecule has 0 bridgehead atoms. The van der Waals surface area contributed by atoms with Gasteiger partial charge in [-0.15, -0.1) is 0 Å². The molecule has 0 aromatic heterocycles. The van der Waals surface area contributed by atoms with Crippen LogP contribution in [0.2, 0.25) is 0 Å². The number of benzene rings is 2. The summed E-state index contributed by atoms with van der Waals surface area (Å²) in [7, 11) is 0. The van der Waals surface area contributed by atoms with E-state index >= 15 is 0 Å². The fraction of sp³-hybridized carbons (Fsp3) is 0.333. The van der Waals surface area contributed by atoms with Crippen LogP contribution in [0.3, 0.4) is 0 Å². The number of hydrogen-bond acceptors (Lipinski definition) is 2. The first kappa shape index (κ1) is 19.6. The van der Waals surface area contributed by atoms with Crippen LogP contribution in [-0.4, -0.2) is 23.3 Å². The number of carbonyl (C=O) groups is 2. The van der Waals surface area contributed by atoms with Gasteiger partial charge in [-0.1, -0.05) is 43.3 Å². The van der Waals surface area contributed by atoms with Crippen molar-refractivity contribution in [3.05, 3.63) is 65.0 Å². The minimum Gasteiger partial charge on any atom is -0.338 e. The number of rotatable bonds is 7. The SMILES string of the molecule is CCc1cccc(C)c1NC(=O)CCN(Cc1ccccc1F)C(C)=O. The topological polar surface area (TPSA) is 49.4 Å². The molecule has 2 rings (SSSR count). The van der Waals surface area contributed by atoms with Gasteiger partial charge in [0.15, 0.2) is 0 Å². The van der Waals surface area contributed by atoms with Crippen LogP contribution in [0.1, 0.15) is 37.0 Å². The summed E-state index contributed by atoms with van der Waals surface area (Å²) in [6.45, 7) is 5.81. The quantitative estimate of drug-likeness (QED) is 0.813. The Morgan fingerprint density at radius 3 is 2.42 bits per heavy atom. The maximum Gasteiger partial charge on any atom is 0.226 e. The number of carbonyl (C=O) groups excluding carboxylic acids is 2. The summed E-state index contributed by atoms with van der Waals surface area (Å²) in [5.74, 6) is -0.698. The Hall–Kier alpha value is -2.69. The van der Waals surface area contributed by atoms with Crippen molar-refractivity contribution in [3.8, 4) is 0 Å². The third kappa shape index (κ3) is 5.15. The van der Waals surface area contributed by atoms with Crippen molar-refractivity contribution in [1.29, 1.82) is 0 Å². The summed E-state index contributed by atoms with van der Waals surface area (Å²) >= 11 is 0. The summed E-state index contributed by atoms with van der Waals surface area (Å²) in [4.78, 5) is 25.7. The lowest BCUT2D eigenvalue weighted by molar-refractivity contribution is -0.130. The maximum absolute atomic E-state index is 13.8. The molecule has 2 amide bonds. The van der Waals surface area contributed by atoms with Gasteiger partial charge in [0.2, 0.25) is 11.8 Å². The van der Waals surface area contributed by atoms with Crippen molar-refractivity contribution in [2.24, 2.45) is 0 Å². The highest BCUT2D eigenvalue weighted by Crippen LogP contribution is 2.21. The zero-order valence-electron chi connectivity index (χ0n) is 15.5. The highest BCUT2D eigenvalue weighted by molar-refractivity contribution is 5.92. The molecule has 0 aliphatic carbocycles. The molecule has 0 atom stereocenters. The fourth-order valence-corrected chi connectivity index (χ4v) is 2.82. The summed E-state index contributed by atoms with van der Waals surface area (Å²) < 4.78 is 13.8. The molecule has 0 radical (unpaired) electrons. The van der Waals surface area contributed by atoms with Gasteiger partial charge in [0.25, 0.3) is 0 Å². The van der Waals surface area contributed by atoms with E-state index in [1.54, 1.807) is 18.2 Å². The predicted octanol–water partition coefficient (Wildman–Crippen LogP) is 4.07. The van der Waals surface area contributed by atoms with Crippen LogP contribution in [0.5, 0.6) is 0 Å². The van der Waals surface area contributed by atoms with Gasteiger partial charge >= 0.3 is 0 Å². The molecule has 1 N–H and O–H groups in total. The molecule has 0 fully saturated rings. The Labute approximate surface area is 154 Å². The lowest BCUT2D eigenvalue weighted by atomic mass is 10.1. The average Bonchev–Trinajstić information content (AvgIpc) is 2.61. The maximum atomic E-state index is 13.8. The predicted molar refractivity (Wildman–Crippen MR) is 101 cm³/mol. The van der Waals surface area contributed by atoms with Crippen LogP contribution in [-0.2, 0) is 22.6 Å². The van der Waals surface area contributed by atoms with Crippen LogP contribution in [0.4, 0.5) is 10.1 Å². The van der Waals surface area contributed by atoms with Crippen molar-refractivity contribution < 1.29 is 14.0 Å². The van der Waals surface area contributed by atoms with Crippen LogP contribution in [0, 0.1) is 12.7 Å². The van der Waals surface area contributed by atoms with Crippen molar-refractivity contribution in [2.45, 2.75) is 40.2 Å². The van der Waals surface area contributed by atoms with Crippen molar-refractivity contribution in [1.82, 2.24) is 4.90 Å². The molecule has 0 aliphatic rings.